The summed E-state index contributed by atoms with van der Waals surface area (Å²) < 4.78 is 0. The van der Waals surface area contributed by atoms with Crippen molar-refractivity contribution in [1.29, 1.82) is 5.26 Å². The van der Waals surface area contributed by atoms with Crippen molar-refractivity contribution in [2.45, 2.75) is 12.2 Å². The molecule has 4 heteroatoms. The van der Waals surface area contributed by atoms with Crippen LogP contribution in [0.15, 0.2) is 18.2 Å². The molecule has 0 spiro atoms. The summed E-state index contributed by atoms with van der Waals surface area (Å²) in [6, 6.07) is 7.58. The molecule has 0 N–H and O–H groups in total. The molecule has 0 radical (unpaired) electrons. The van der Waals surface area contributed by atoms with E-state index >= 15 is 0 Å². The van der Waals surface area contributed by atoms with Gasteiger partial charge in [-0.15, -0.1) is 0 Å². The Kier molecular flexibility index (Phi) is 5.17. The van der Waals surface area contributed by atoms with Gasteiger partial charge in [0.2, 0.25) is 0 Å². The normalized spacial score (nSPS) is 9.79. The number of hydrogen-bond donors (Lipinski definition) is 0. The SMILES string of the molecule is N#CCCSCc1c(Cl)cccc1Cl. The molecule has 74 valence electrons. The molecule has 0 saturated heterocycles. The molecule has 1 nitrogen and oxygen atoms in total. The van der Waals surface area contributed by atoms with Crippen molar-refractivity contribution in [3.05, 3.63) is 33.8 Å². The third-order valence-electron chi connectivity index (χ3n) is 1.67. The lowest BCUT2D eigenvalue weighted by atomic mass is 10.2. The van der Waals surface area contributed by atoms with Crippen molar-refractivity contribution in [3.8, 4) is 6.07 Å². The second-order valence-electron chi connectivity index (χ2n) is 2.66. The Hall–Kier alpha value is -0.360. The summed E-state index contributed by atoms with van der Waals surface area (Å²) >= 11 is 13.6. The van der Waals surface area contributed by atoms with Crippen LogP contribution in [0.25, 0.3) is 0 Å². The molecule has 0 aliphatic heterocycles. The molecule has 0 amide bonds. The van der Waals surface area contributed by atoms with E-state index in [0.29, 0.717) is 16.5 Å². The molecule has 0 bridgehead atoms. The number of hydrogen-bond acceptors (Lipinski definition) is 2. The first-order chi connectivity index (χ1) is 6.75. The highest BCUT2D eigenvalue weighted by molar-refractivity contribution is 7.98. The fourth-order valence-corrected chi connectivity index (χ4v) is 2.55. The van der Waals surface area contributed by atoms with E-state index < -0.39 is 0 Å². The van der Waals surface area contributed by atoms with E-state index in [1.54, 1.807) is 11.8 Å². The molecule has 1 aromatic carbocycles. The van der Waals surface area contributed by atoms with Crippen molar-refractivity contribution in [1.82, 2.24) is 0 Å². The number of benzene rings is 1. The Morgan fingerprint density at radius 3 is 2.50 bits per heavy atom. The highest BCUT2D eigenvalue weighted by Crippen LogP contribution is 2.28. The molecule has 0 unspecified atom stereocenters. The average molecular weight is 246 g/mol. The second kappa shape index (κ2) is 6.19. The van der Waals surface area contributed by atoms with Crippen molar-refractivity contribution in [3.63, 3.8) is 0 Å². The maximum atomic E-state index is 8.36. The fourth-order valence-electron chi connectivity index (χ4n) is 0.962. The molecular weight excluding hydrogens is 237 g/mol. The minimum Gasteiger partial charge on any atom is -0.198 e. The summed E-state index contributed by atoms with van der Waals surface area (Å²) in [5, 5.41) is 9.75. The van der Waals surface area contributed by atoms with E-state index in [4.69, 9.17) is 28.5 Å². The van der Waals surface area contributed by atoms with Crippen LogP contribution in [0.2, 0.25) is 10.0 Å². The van der Waals surface area contributed by atoms with Crippen molar-refractivity contribution in [2.75, 3.05) is 5.75 Å². The van der Waals surface area contributed by atoms with E-state index in [1.165, 1.54) is 0 Å². The number of nitrogens with zero attached hydrogens (tertiary/aromatic N) is 1. The molecule has 0 heterocycles. The summed E-state index contributed by atoms with van der Waals surface area (Å²) in [5.41, 5.74) is 0.957. The topological polar surface area (TPSA) is 23.8 Å². The van der Waals surface area contributed by atoms with Crippen LogP contribution in [-0.2, 0) is 5.75 Å². The second-order valence-corrected chi connectivity index (χ2v) is 4.58. The first-order valence-corrected chi connectivity index (χ1v) is 6.04. The summed E-state index contributed by atoms with van der Waals surface area (Å²) in [6.07, 6.45) is 0.562. The lowest BCUT2D eigenvalue weighted by molar-refractivity contribution is 1.23. The maximum Gasteiger partial charge on any atom is 0.0630 e. The zero-order valence-electron chi connectivity index (χ0n) is 7.46. The van der Waals surface area contributed by atoms with Crippen LogP contribution >= 0.6 is 35.0 Å². The van der Waals surface area contributed by atoms with Crippen LogP contribution in [0.4, 0.5) is 0 Å². The van der Waals surface area contributed by atoms with Crippen molar-refractivity contribution >= 4 is 35.0 Å². The van der Waals surface area contributed by atoms with Crippen LogP contribution in [0.1, 0.15) is 12.0 Å². The molecule has 0 fully saturated rings. The first-order valence-electron chi connectivity index (χ1n) is 4.13. The van der Waals surface area contributed by atoms with Crippen molar-refractivity contribution < 1.29 is 0 Å². The summed E-state index contributed by atoms with van der Waals surface area (Å²) in [6.45, 7) is 0. The molecule has 0 aliphatic carbocycles. The van der Waals surface area contributed by atoms with Gasteiger partial charge in [0.25, 0.3) is 0 Å². The molecule has 1 rings (SSSR count). The average Bonchev–Trinajstić information content (AvgIpc) is 2.16. The van der Waals surface area contributed by atoms with E-state index in [1.807, 2.05) is 18.2 Å². The van der Waals surface area contributed by atoms with Gasteiger partial charge in [0.05, 0.1) is 6.07 Å². The van der Waals surface area contributed by atoms with Gasteiger partial charge in [0, 0.05) is 28.0 Å². The molecule has 14 heavy (non-hydrogen) atoms. The third kappa shape index (κ3) is 3.42. The lowest BCUT2D eigenvalue weighted by Gasteiger charge is -2.05. The zero-order chi connectivity index (χ0) is 10.4. The van der Waals surface area contributed by atoms with E-state index in [-0.39, 0.29) is 0 Å². The van der Waals surface area contributed by atoms with E-state index in [2.05, 4.69) is 6.07 Å². The van der Waals surface area contributed by atoms with Gasteiger partial charge in [0.1, 0.15) is 0 Å². The monoisotopic (exact) mass is 245 g/mol. The first kappa shape index (κ1) is 11.7. The van der Waals surface area contributed by atoms with Crippen LogP contribution < -0.4 is 0 Å². The highest BCUT2D eigenvalue weighted by Gasteiger charge is 2.04. The summed E-state index contributed by atoms with van der Waals surface area (Å²) in [7, 11) is 0. The van der Waals surface area contributed by atoms with Crippen LogP contribution in [0.5, 0.6) is 0 Å². The van der Waals surface area contributed by atoms with E-state index in [9.17, 15) is 0 Å². The predicted octanol–water partition coefficient (Wildman–Crippen LogP) is 4.14. The standard InChI is InChI=1S/C10H9Cl2NS/c11-9-3-1-4-10(12)8(9)7-14-6-2-5-13/h1,3-4H,2,6-7H2. The fraction of sp³-hybridized carbons (Fsp3) is 0.300. The summed E-state index contributed by atoms with van der Waals surface area (Å²) in [5.74, 6) is 1.58. The van der Waals surface area contributed by atoms with Gasteiger partial charge in [-0.05, 0) is 17.7 Å². The summed E-state index contributed by atoms with van der Waals surface area (Å²) in [4.78, 5) is 0. The van der Waals surface area contributed by atoms with Crippen LogP contribution in [-0.4, -0.2) is 5.75 Å². The minimum absolute atomic E-state index is 0.562. The molecule has 0 aromatic heterocycles. The number of halogens is 2. The Labute approximate surface area is 98.0 Å². The minimum atomic E-state index is 0.562. The Bertz CT molecular complexity index is 326. The zero-order valence-corrected chi connectivity index (χ0v) is 9.79. The Morgan fingerprint density at radius 1 is 1.29 bits per heavy atom. The number of nitriles is 1. The lowest BCUT2D eigenvalue weighted by Crippen LogP contribution is -1.86. The van der Waals surface area contributed by atoms with Gasteiger partial charge in [-0.1, -0.05) is 29.3 Å². The van der Waals surface area contributed by atoms with Crippen LogP contribution in [0.3, 0.4) is 0 Å². The molecule has 0 aliphatic rings. The third-order valence-corrected chi connectivity index (χ3v) is 3.36. The quantitative estimate of drug-likeness (QED) is 0.745. The molecule has 0 atom stereocenters. The van der Waals surface area contributed by atoms with Gasteiger partial charge in [-0.25, -0.2) is 0 Å². The predicted molar refractivity (Wildman–Crippen MR) is 62.9 cm³/mol. The van der Waals surface area contributed by atoms with Gasteiger partial charge < -0.3 is 0 Å². The Morgan fingerprint density at radius 2 is 1.93 bits per heavy atom. The van der Waals surface area contributed by atoms with Gasteiger partial charge >= 0.3 is 0 Å². The maximum absolute atomic E-state index is 8.36. The highest BCUT2D eigenvalue weighted by atomic mass is 35.5. The van der Waals surface area contributed by atoms with Gasteiger partial charge in [0.15, 0.2) is 0 Å². The van der Waals surface area contributed by atoms with Crippen molar-refractivity contribution in [2.24, 2.45) is 0 Å². The van der Waals surface area contributed by atoms with Gasteiger partial charge in [-0.3, -0.25) is 0 Å². The smallest absolute Gasteiger partial charge is 0.0630 e. The Balaban J connectivity index is 2.54. The largest absolute Gasteiger partial charge is 0.198 e. The number of rotatable bonds is 4. The molecular formula is C10H9Cl2NS. The van der Waals surface area contributed by atoms with Crippen LogP contribution in [0, 0.1) is 11.3 Å². The molecule has 0 saturated carbocycles. The molecule has 1 aromatic rings. The number of thioether (sulfide) groups is 1. The van der Waals surface area contributed by atoms with E-state index in [0.717, 1.165) is 17.1 Å². The van der Waals surface area contributed by atoms with Gasteiger partial charge in [-0.2, -0.15) is 17.0 Å².